The molecule has 1 aromatic rings. The molecule has 0 aromatic heterocycles. The van der Waals surface area contributed by atoms with Crippen molar-refractivity contribution in [1.29, 1.82) is 0 Å². The molecule has 3 heteroatoms. The van der Waals surface area contributed by atoms with Gasteiger partial charge >= 0.3 is 0 Å². The standard InChI is InChI=1S/C14H20N2O/c1-11-4-2-3-5-13(11)6-7-16-14(17)8-12-9-15-10-12/h2-5,12,15H,6-10H2,1H3,(H,16,17). The molecule has 0 atom stereocenters. The van der Waals surface area contributed by atoms with Gasteiger partial charge < -0.3 is 10.6 Å². The number of hydrogen-bond acceptors (Lipinski definition) is 2. The maximum absolute atomic E-state index is 11.6. The Morgan fingerprint density at radius 2 is 2.18 bits per heavy atom. The second-order valence-electron chi connectivity index (χ2n) is 4.75. The molecule has 1 fully saturated rings. The molecule has 92 valence electrons. The lowest BCUT2D eigenvalue weighted by molar-refractivity contribution is -0.122. The Balaban J connectivity index is 1.68. The van der Waals surface area contributed by atoms with Gasteiger partial charge in [0.25, 0.3) is 0 Å². The van der Waals surface area contributed by atoms with Gasteiger partial charge in [-0.2, -0.15) is 0 Å². The summed E-state index contributed by atoms with van der Waals surface area (Å²) < 4.78 is 0. The molecule has 1 aliphatic heterocycles. The van der Waals surface area contributed by atoms with Crippen molar-refractivity contribution >= 4 is 5.91 Å². The van der Waals surface area contributed by atoms with E-state index in [4.69, 9.17) is 0 Å². The zero-order valence-corrected chi connectivity index (χ0v) is 10.3. The summed E-state index contributed by atoms with van der Waals surface area (Å²) in [5.41, 5.74) is 2.61. The van der Waals surface area contributed by atoms with Crippen LogP contribution in [0.3, 0.4) is 0 Å². The van der Waals surface area contributed by atoms with Gasteiger partial charge in [0.05, 0.1) is 0 Å². The summed E-state index contributed by atoms with van der Waals surface area (Å²) in [6.45, 7) is 4.83. The van der Waals surface area contributed by atoms with Gasteiger partial charge in [-0.25, -0.2) is 0 Å². The third-order valence-corrected chi connectivity index (χ3v) is 3.32. The van der Waals surface area contributed by atoms with E-state index in [1.807, 2.05) is 12.1 Å². The molecule has 17 heavy (non-hydrogen) atoms. The molecule has 0 radical (unpaired) electrons. The van der Waals surface area contributed by atoms with Gasteiger partial charge in [0.15, 0.2) is 0 Å². The maximum atomic E-state index is 11.6. The smallest absolute Gasteiger partial charge is 0.220 e. The number of benzene rings is 1. The molecule has 3 nitrogen and oxygen atoms in total. The minimum absolute atomic E-state index is 0.185. The molecular formula is C14H20N2O. The molecule has 1 saturated heterocycles. The van der Waals surface area contributed by atoms with Crippen molar-refractivity contribution in [1.82, 2.24) is 10.6 Å². The van der Waals surface area contributed by atoms with Crippen LogP contribution >= 0.6 is 0 Å². The van der Waals surface area contributed by atoms with Crippen LogP contribution in [-0.4, -0.2) is 25.5 Å². The molecule has 1 amide bonds. The highest BCUT2D eigenvalue weighted by atomic mass is 16.1. The molecule has 1 aromatic carbocycles. The van der Waals surface area contributed by atoms with E-state index >= 15 is 0 Å². The van der Waals surface area contributed by atoms with E-state index < -0.39 is 0 Å². The third-order valence-electron chi connectivity index (χ3n) is 3.32. The summed E-state index contributed by atoms with van der Waals surface area (Å²) in [5, 5.41) is 6.17. The van der Waals surface area contributed by atoms with E-state index in [1.54, 1.807) is 0 Å². The highest BCUT2D eigenvalue weighted by molar-refractivity contribution is 5.76. The van der Waals surface area contributed by atoms with Crippen LogP contribution in [0.2, 0.25) is 0 Å². The average Bonchev–Trinajstić information content (AvgIpc) is 2.26. The first-order valence-electron chi connectivity index (χ1n) is 6.27. The predicted molar refractivity (Wildman–Crippen MR) is 68.9 cm³/mol. The van der Waals surface area contributed by atoms with Gasteiger partial charge in [-0.15, -0.1) is 0 Å². The first-order valence-corrected chi connectivity index (χ1v) is 6.27. The number of nitrogens with one attached hydrogen (secondary N) is 2. The largest absolute Gasteiger partial charge is 0.356 e. The molecule has 0 aliphatic carbocycles. The number of carbonyl (C=O) groups excluding carboxylic acids is 1. The van der Waals surface area contributed by atoms with Crippen molar-refractivity contribution in [3.8, 4) is 0 Å². The number of hydrogen-bond donors (Lipinski definition) is 2. The fraction of sp³-hybridized carbons (Fsp3) is 0.500. The van der Waals surface area contributed by atoms with Gasteiger partial charge in [0.2, 0.25) is 5.91 Å². The molecule has 1 heterocycles. The first-order chi connectivity index (χ1) is 8.25. The van der Waals surface area contributed by atoms with Crippen molar-refractivity contribution < 1.29 is 4.79 Å². The number of aryl methyl sites for hydroxylation is 1. The quantitative estimate of drug-likeness (QED) is 0.802. The number of carbonyl (C=O) groups is 1. The Kier molecular flexibility index (Phi) is 4.15. The van der Waals surface area contributed by atoms with Crippen LogP contribution in [0.5, 0.6) is 0 Å². The molecule has 0 bridgehead atoms. The SMILES string of the molecule is Cc1ccccc1CCNC(=O)CC1CNC1. The lowest BCUT2D eigenvalue weighted by atomic mass is 9.99. The summed E-state index contributed by atoms with van der Waals surface area (Å²) in [7, 11) is 0. The van der Waals surface area contributed by atoms with Crippen molar-refractivity contribution in [3.05, 3.63) is 35.4 Å². The normalized spacial score (nSPS) is 15.4. The van der Waals surface area contributed by atoms with Crippen LogP contribution in [0.15, 0.2) is 24.3 Å². The van der Waals surface area contributed by atoms with Crippen LogP contribution in [0, 0.1) is 12.8 Å². The number of rotatable bonds is 5. The van der Waals surface area contributed by atoms with Gasteiger partial charge in [0, 0.05) is 13.0 Å². The maximum Gasteiger partial charge on any atom is 0.220 e. The first kappa shape index (κ1) is 12.1. The van der Waals surface area contributed by atoms with Gasteiger partial charge in [-0.05, 0) is 43.5 Å². The topological polar surface area (TPSA) is 41.1 Å². The highest BCUT2D eigenvalue weighted by Gasteiger charge is 2.19. The molecule has 2 N–H and O–H groups in total. The van der Waals surface area contributed by atoms with Gasteiger partial charge in [0.1, 0.15) is 0 Å². The van der Waals surface area contributed by atoms with E-state index in [-0.39, 0.29) is 5.91 Å². The Bertz CT molecular complexity index is 386. The minimum atomic E-state index is 0.185. The Hall–Kier alpha value is -1.35. The summed E-state index contributed by atoms with van der Waals surface area (Å²) in [5.74, 6) is 0.735. The monoisotopic (exact) mass is 232 g/mol. The Morgan fingerprint density at radius 1 is 1.41 bits per heavy atom. The number of amides is 1. The highest BCUT2D eigenvalue weighted by Crippen LogP contribution is 2.08. The van der Waals surface area contributed by atoms with E-state index in [1.165, 1.54) is 11.1 Å². The summed E-state index contributed by atoms with van der Waals surface area (Å²) >= 11 is 0. The van der Waals surface area contributed by atoms with Crippen LogP contribution < -0.4 is 10.6 Å². The van der Waals surface area contributed by atoms with Crippen LogP contribution in [-0.2, 0) is 11.2 Å². The van der Waals surface area contributed by atoms with Gasteiger partial charge in [-0.1, -0.05) is 24.3 Å². The lowest BCUT2D eigenvalue weighted by Gasteiger charge is -2.26. The lowest BCUT2D eigenvalue weighted by Crippen LogP contribution is -2.44. The van der Waals surface area contributed by atoms with E-state index in [0.29, 0.717) is 12.3 Å². The molecular weight excluding hydrogens is 212 g/mol. The zero-order valence-electron chi connectivity index (χ0n) is 10.3. The van der Waals surface area contributed by atoms with Crippen LogP contribution in [0.25, 0.3) is 0 Å². The molecule has 0 unspecified atom stereocenters. The Labute approximate surface area is 103 Å². The van der Waals surface area contributed by atoms with Crippen molar-refractivity contribution in [3.63, 3.8) is 0 Å². The summed E-state index contributed by atoms with van der Waals surface area (Å²) in [4.78, 5) is 11.6. The van der Waals surface area contributed by atoms with Crippen molar-refractivity contribution in [2.45, 2.75) is 19.8 Å². The van der Waals surface area contributed by atoms with E-state index in [0.717, 1.165) is 26.1 Å². The predicted octanol–water partition coefficient (Wildman–Crippen LogP) is 1.26. The van der Waals surface area contributed by atoms with Crippen molar-refractivity contribution in [2.24, 2.45) is 5.92 Å². The second-order valence-corrected chi connectivity index (χ2v) is 4.75. The Morgan fingerprint density at radius 3 is 2.82 bits per heavy atom. The van der Waals surface area contributed by atoms with E-state index in [2.05, 4.69) is 29.7 Å². The fourth-order valence-corrected chi connectivity index (χ4v) is 2.05. The molecule has 0 saturated carbocycles. The average molecular weight is 232 g/mol. The summed E-state index contributed by atoms with van der Waals surface area (Å²) in [6.07, 6.45) is 1.59. The van der Waals surface area contributed by atoms with Crippen LogP contribution in [0.1, 0.15) is 17.5 Å². The van der Waals surface area contributed by atoms with E-state index in [9.17, 15) is 4.79 Å². The molecule has 2 rings (SSSR count). The summed E-state index contributed by atoms with van der Waals surface area (Å²) in [6, 6.07) is 8.32. The fourth-order valence-electron chi connectivity index (χ4n) is 2.05. The van der Waals surface area contributed by atoms with Crippen LogP contribution in [0.4, 0.5) is 0 Å². The second kappa shape index (κ2) is 5.82. The van der Waals surface area contributed by atoms with Crippen molar-refractivity contribution in [2.75, 3.05) is 19.6 Å². The zero-order chi connectivity index (χ0) is 12.1. The molecule has 0 spiro atoms. The van der Waals surface area contributed by atoms with Gasteiger partial charge in [-0.3, -0.25) is 4.79 Å². The third kappa shape index (κ3) is 3.56. The molecule has 1 aliphatic rings. The minimum Gasteiger partial charge on any atom is -0.356 e.